The molecule has 18 N–H and O–H groups in total. The summed E-state index contributed by atoms with van der Waals surface area (Å²) in [6.07, 6.45) is 0. The van der Waals surface area contributed by atoms with Gasteiger partial charge in [0.2, 0.25) is 0 Å². The first-order valence-electron chi connectivity index (χ1n) is 2.83. The Labute approximate surface area is 120 Å². The summed E-state index contributed by atoms with van der Waals surface area (Å²) in [4.78, 5) is 0. The molecule has 0 aliphatic carbocycles. The molecule has 0 atom stereocenters. The number of hydrogen-bond donors (Lipinski definition) is 2. The van der Waals surface area contributed by atoms with Crippen LogP contribution in [0.15, 0.2) is 0 Å². The van der Waals surface area contributed by atoms with Crippen molar-refractivity contribution in [2.24, 2.45) is 0 Å². The van der Waals surface area contributed by atoms with Gasteiger partial charge in [0.15, 0.2) is 0 Å². The van der Waals surface area contributed by atoms with Crippen LogP contribution in [-0.4, -0.2) is 48.1 Å². The summed E-state index contributed by atoms with van der Waals surface area (Å²) < 4.78 is 68.2. The summed E-state index contributed by atoms with van der Waals surface area (Å²) >= 11 is 0. The van der Waals surface area contributed by atoms with Crippen molar-refractivity contribution in [1.29, 1.82) is 0 Å². The fraction of sp³-hybridized carbons (Fsp3) is 1.00. The molecule has 19 heavy (non-hydrogen) atoms. The minimum Gasteiger partial charge on any atom is -0.759 e. The van der Waals surface area contributed by atoms with Crippen molar-refractivity contribution in [1.82, 2.24) is 0 Å². The monoisotopic (exact) mass is 385 g/mol. The van der Waals surface area contributed by atoms with Gasteiger partial charge in [-0.1, -0.05) is 0 Å². The zero-order valence-electron chi connectivity index (χ0n) is 9.60. The molecule has 0 aliphatic heterocycles. The van der Waals surface area contributed by atoms with E-state index in [4.69, 9.17) is 35.0 Å². The maximum atomic E-state index is 8.52. The summed E-state index contributed by atoms with van der Waals surface area (Å²) in [5.41, 5.74) is 7.08. The van der Waals surface area contributed by atoms with Crippen molar-refractivity contribution in [3.8, 4) is 0 Å². The molecule has 17 heteroatoms. The quantitative estimate of drug-likeness (QED) is 0.188. The molecular weight excluding hydrogens is 363 g/mol. The summed E-state index contributed by atoms with van der Waals surface area (Å²) in [7, 11) is -10.3. The Morgan fingerprint density at radius 1 is 0.632 bits per heavy atom. The first-order valence-corrected chi connectivity index (χ1v) is 5.50. The minimum atomic E-state index is -5.17. The summed E-state index contributed by atoms with van der Waals surface area (Å²) in [6, 6.07) is 0. The molecule has 0 aromatic rings. The van der Waals surface area contributed by atoms with Crippen LogP contribution in [0.1, 0.15) is 0 Å². The van der Waals surface area contributed by atoms with Gasteiger partial charge in [-0.15, -0.1) is 0 Å². The van der Waals surface area contributed by atoms with Crippen LogP contribution in [0.3, 0.4) is 0 Å². The molecule has 0 aromatic heterocycles. The normalized spacial score (nSPS) is 7.68. The molecule has 0 bridgehead atoms. The second kappa shape index (κ2) is 26.6. The third kappa shape index (κ3) is 4450. The standard InChI is InChI=1S/C2H8N2.Mn.2H2O4S.4H2O/c3-1-2-4;;2*1-5(2,3)4;;;;/h1-4H2;;2*(H2,1,2,3,4);4*1H2/q;+2;;;;;;/p+2. The topological polar surface area (TPSA) is 348 Å². The molecule has 0 saturated carbocycles. The van der Waals surface area contributed by atoms with E-state index in [9.17, 15) is 0 Å². The predicted molar refractivity (Wildman–Crippen MR) is 55.9 cm³/mol. The van der Waals surface area contributed by atoms with Crippen molar-refractivity contribution in [3.63, 3.8) is 0 Å². The van der Waals surface area contributed by atoms with Gasteiger partial charge >= 0.3 is 17.1 Å². The fourth-order valence-electron chi connectivity index (χ4n) is 0. The van der Waals surface area contributed by atoms with Gasteiger partial charge in [-0.2, -0.15) is 0 Å². The molecule has 0 unspecified atom stereocenters. The molecule has 0 fully saturated rings. The summed E-state index contributed by atoms with van der Waals surface area (Å²) in [5.74, 6) is 0. The van der Waals surface area contributed by atoms with Crippen LogP contribution >= 0.6 is 0 Å². The molecule has 0 aromatic carbocycles. The smallest absolute Gasteiger partial charge is 0.759 e. The molecule has 0 rings (SSSR count). The van der Waals surface area contributed by atoms with Gasteiger partial charge in [0.1, 0.15) is 13.1 Å². The summed E-state index contributed by atoms with van der Waals surface area (Å²) in [5, 5.41) is 0. The third-order valence-corrected chi connectivity index (χ3v) is 0.250. The zero-order valence-corrected chi connectivity index (χ0v) is 12.4. The Morgan fingerprint density at radius 2 is 0.684 bits per heavy atom. The van der Waals surface area contributed by atoms with E-state index in [0.717, 1.165) is 13.1 Å². The SMILES string of the molecule is O=S(=O)([O-])[O-].O=S(=O)([O-])[O-].[Mn+2].[NH3+]CC[NH3+].[OH3+].[OH3+].[OH3+].[OH3+]. The first kappa shape index (κ1) is 50.9. The maximum absolute atomic E-state index is 8.52. The van der Waals surface area contributed by atoms with Crippen LogP contribution in [0.25, 0.3) is 0 Å². The van der Waals surface area contributed by atoms with E-state index in [0.29, 0.717) is 0 Å². The van der Waals surface area contributed by atoms with E-state index < -0.39 is 20.8 Å². The Morgan fingerprint density at radius 3 is 0.684 bits per heavy atom. The molecule has 1 radical (unpaired) electrons. The number of hydrogen-bond acceptors (Lipinski definition) is 8. The van der Waals surface area contributed by atoms with Crippen molar-refractivity contribution in [2.45, 2.75) is 0 Å². The first-order chi connectivity index (χ1) is 5.91. The molecule has 0 heterocycles. The van der Waals surface area contributed by atoms with Crippen LogP contribution in [0, 0.1) is 0 Å². The average molecular weight is 385 g/mol. The Balaban J connectivity index is -0.0000000141. The molecule has 0 saturated heterocycles. The van der Waals surface area contributed by atoms with Crippen molar-refractivity contribution in [3.05, 3.63) is 0 Å². The second-order valence-corrected chi connectivity index (χ2v) is 3.16. The van der Waals surface area contributed by atoms with Gasteiger partial charge < -0.3 is 51.6 Å². The van der Waals surface area contributed by atoms with Crippen molar-refractivity contribution < 1.29 is 85.5 Å². The maximum Gasteiger partial charge on any atom is 2.00 e. The van der Waals surface area contributed by atoms with Crippen LogP contribution in [0.5, 0.6) is 0 Å². The van der Waals surface area contributed by atoms with Crippen LogP contribution in [0.4, 0.5) is 0 Å². The van der Waals surface area contributed by atoms with E-state index in [1.54, 1.807) is 0 Å². The number of quaternary nitrogens is 2. The Bertz CT molecular complexity index is 252. The molecule has 14 nitrogen and oxygen atoms in total. The molecule has 127 valence electrons. The van der Waals surface area contributed by atoms with E-state index >= 15 is 0 Å². The summed E-state index contributed by atoms with van der Waals surface area (Å²) in [6.45, 7) is 1.92. The second-order valence-electron chi connectivity index (χ2n) is 1.52. The Hall–Kier alpha value is 0.0195. The van der Waals surface area contributed by atoms with E-state index in [1.807, 2.05) is 0 Å². The zero-order chi connectivity index (χ0) is 12.4. The van der Waals surface area contributed by atoms with Crippen LogP contribution in [0.2, 0.25) is 0 Å². The van der Waals surface area contributed by atoms with E-state index in [-0.39, 0.29) is 39.0 Å². The van der Waals surface area contributed by atoms with E-state index in [1.165, 1.54) is 0 Å². The van der Waals surface area contributed by atoms with Gasteiger partial charge in [-0.25, -0.2) is 0 Å². The van der Waals surface area contributed by atoms with E-state index in [2.05, 4.69) is 11.5 Å². The van der Waals surface area contributed by atoms with Crippen LogP contribution in [-0.2, 0) is 59.8 Å². The van der Waals surface area contributed by atoms with Gasteiger partial charge in [0, 0.05) is 20.8 Å². The van der Waals surface area contributed by atoms with Gasteiger partial charge in [0.25, 0.3) is 0 Å². The number of rotatable bonds is 1. The van der Waals surface area contributed by atoms with Gasteiger partial charge in [-0.05, 0) is 0 Å². The molecule has 0 aliphatic rings. The minimum absolute atomic E-state index is 0. The molecular formula is C2H22MnN2O12S2+4. The Kier molecular flexibility index (Phi) is 71.1. The van der Waals surface area contributed by atoms with Crippen LogP contribution < -0.4 is 11.5 Å². The molecule has 0 spiro atoms. The molecule has 0 amide bonds. The fourth-order valence-corrected chi connectivity index (χ4v) is 0. The van der Waals surface area contributed by atoms with Crippen molar-refractivity contribution in [2.75, 3.05) is 13.1 Å². The van der Waals surface area contributed by atoms with Crippen molar-refractivity contribution >= 4 is 20.8 Å². The largest absolute Gasteiger partial charge is 2.00 e. The average Bonchev–Trinajstić information content (AvgIpc) is 1.79. The predicted octanol–water partition coefficient (Wildman–Crippen LogP) is -8.90. The van der Waals surface area contributed by atoms with Gasteiger partial charge in [-0.3, -0.25) is 16.8 Å². The van der Waals surface area contributed by atoms with Gasteiger partial charge in [0.05, 0.1) is 0 Å². The third-order valence-electron chi connectivity index (χ3n) is 0.250.